The molecule has 0 N–H and O–H groups in total. The first-order chi connectivity index (χ1) is 7.26. The monoisotopic (exact) mass is 204 g/mol. The second-order valence-corrected chi connectivity index (χ2v) is 3.61. The van der Waals surface area contributed by atoms with Crippen LogP contribution in [-0.2, 0) is 0 Å². The van der Waals surface area contributed by atoms with Gasteiger partial charge in [-0.25, -0.2) is 0 Å². The first kappa shape index (κ1) is 9.96. The van der Waals surface area contributed by atoms with Crippen LogP contribution in [0.25, 0.3) is 11.0 Å². The van der Waals surface area contributed by atoms with Gasteiger partial charge in [0, 0.05) is 13.1 Å². The molecule has 2 aromatic rings. The number of benzene rings is 1. The highest BCUT2D eigenvalue weighted by atomic mass is 15.7. The molecular weight excluding hydrogens is 188 g/mol. The molecule has 1 aromatic carbocycles. The highest BCUT2D eigenvalue weighted by Crippen LogP contribution is 2.12. The van der Waals surface area contributed by atoms with E-state index in [4.69, 9.17) is 0 Å². The summed E-state index contributed by atoms with van der Waals surface area (Å²) in [7, 11) is 0. The summed E-state index contributed by atoms with van der Waals surface area (Å²) >= 11 is 0. The minimum atomic E-state index is 0.933. The minimum absolute atomic E-state index is 0.933. The third kappa shape index (κ3) is 1.67. The second-order valence-electron chi connectivity index (χ2n) is 3.61. The summed E-state index contributed by atoms with van der Waals surface area (Å²) in [5.74, 6) is 0. The fourth-order valence-corrected chi connectivity index (χ4v) is 1.72. The average molecular weight is 204 g/mol. The molecule has 0 aliphatic heterocycles. The number of fused-ring (bicyclic) bond motifs is 1. The van der Waals surface area contributed by atoms with Crippen LogP contribution in [-0.4, -0.2) is 28.2 Å². The van der Waals surface area contributed by atoms with Crippen LogP contribution in [0, 0.1) is 6.92 Å². The Bertz CT molecular complexity index is 457. The zero-order chi connectivity index (χ0) is 10.8. The van der Waals surface area contributed by atoms with Gasteiger partial charge in [-0.15, -0.1) is 5.10 Å². The van der Waals surface area contributed by atoms with E-state index in [9.17, 15) is 0 Å². The van der Waals surface area contributed by atoms with Gasteiger partial charge in [0.1, 0.15) is 11.0 Å². The van der Waals surface area contributed by atoms with Gasteiger partial charge in [-0.05, 0) is 43.7 Å². The number of nitrogens with zero attached hydrogens (tertiary/aromatic N) is 4. The molecule has 0 spiro atoms. The Hall–Kier alpha value is -1.58. The van der Waals surface area contributed by atoms with Gasteiger partial charge in [-0.2, -0.15) is 4.79 Å². The summed E-state index contributed by atoms with van der Waals surface area (Å²) in [5, 5.41) is 10.5. The van der Waals surface area contributed by atoms with Crippen LogP contribution in [0.15, 0.2) is 18.2 Å². The standard InChI is InChI=1S/C11H16N4/c1-4-14(5-2)15-11-7-6-9(3)8-10(11)12-13-15/h6-8H,4-5H2,1-3H3. The van der Waals surface area contributed by atoms with Crippen molar-refractivity contribution in [1.82, 2.24) is 15.1 Å². The van der Waals surface area contributed by atoms with Crippen LogP contribution in [0.3, 0.4) is 0 Å². The first-order valence-corrected chi connectivity index (χ1v) is 5.33. The van der Waals surface area contributed by atoms with Crippen molar-refractivity contribution < 1.29 is 0 Å². The zero-order valence-corrected chi connectivity index (χ0v) is 9.44. The topological polar surface area (TPSA) is 34.0 Å². The van der Waals surface area contributed by atoms with Gasteiger partial charge in [-0.1, -0.05) is 6.07 Å². The van der Waals surface area contributed by atoms with Gasteiger partial charge in [0.2, 0.25) is 0 Å². The van der Waals surface area contributed by atoms with Gasteiger partial charge in [0.15, 0.2) is 0 Å². The fraction of sp³-hybridized carbons (Fsp3) is 0.455. The van der Waals surface area contributed by atoms with E-state index in [-0.39, 0.29) is 0 Å². The molecule has 0 amide bonds. The zero-order valence-electron chi connectivity index (χ0n) is 9.44. The molecule has 15 heavy (non-hydrogen) atoms. The lowest BCUT2D eigenvalue weighted by molar-refractivity contribution is 0.553. The summed E-state index contributed by atoms with van der Waals surface area (Å²) in [5.41, 5.74) is 3.25. The molecule has 0 aliphatic carbocycles. The van der Waals surface area contributed by atoms with E-state index in [2.05, 4.69) is 54.3 Å². The van der Waals surface area contributed by atoms with Crippen molar-refractivity contribution in [2.75, 3.05) is 18.1 Å². The number of rotatable bonds is 3. The van der Waals surface area contributed by atoms with E-state index in [1.807, 2.05) is 4.79 Å². The molecule has 4 nitrogen and oxygen atoms in total. The van der Waals surface area contributed by atoms with Crippen molar-refractivity contribution in [2.45, 2.75) is 20.8 Å². The lowest BCUT2D eigenvalue weighted by atomic mass is 10.2. The smallest absolute Gasteiger partial charge is 0.115 e. The molecule has 0 fully saturated rings. The Morgan fingerprint density at radius 1 is 1.27 bits per heavy atom. The van der Waals surface area contributed by atoms with Crippen LogP contribution in [0.1, 0.15) is 19.4 Å². The van der Waals surface area contributed by atoms with Gasteiger partial charge in [0.05, 0.1) is 0 Å². The quantitative estimate of drug-likeness (QED) is 0.763. The molecule has 0 radical (unpaired) electrons. The maximum Gasteiger partial charge on any atom is 0.115 e. The fourth-order valence-electron chi connectivity index (χ4n) is 1.72. The summed E-state index contributed by atoms with van der Waals surface area (Å²) in [4.78, 5) is 1.88. The third-order valence-corrected chi connectivity index (χ3v) is 2.58. The van der Waals surface area contributed by atoms with Crippen molar-refractivity contribution in [3.63, 3.8) is 0 Å². The molecular formula is C11H16N4. The molecule has 2 rings (SSSR count). The summed E-state index contributed by atoms with van der Waals surface area (Å²) in [6, 6.07) is 6.22. The largest absolute Gasteiger partial charge is 0.296 e. The van der Waals surface area contributed by atoms with Crippen LogP contribution in [0.5, 0.6) is 0 Å². The number of hydrogen-bond donors (Lipinski definition) is 0. The lowest BCUT2D eigenvalue weighted by Crippen LogP contribution is -2.34. The highest BCUT2D eigenvalue weighted by Gasteiger charge is 2.08. The maximum atomic E-state index is 4.17. The van der Waals surface area contributed by atoms with E-state index in [1.165, 1.54) is 5.56 Å². The molecule has 1 heterocycles. The van der Waals surface area contributed by atoms with Crippen LogP contribution in [0.4, 0.5) is 0 Å². The van der Waals surface area contributed by atoms with Crippen LogP contribution < -0.4 is 5.01 Å². The third-order valence-electron chi connectivity index (χ3n) is 2.58. The van der Waals surface area contributed by atoms with Gasteiger partial charge < -0.3 is 0 Å². The molecule has 0 bridgehead atoms. The second kappa shape index (κ2) is 3.88. The van der Waals surface area contributed by atoms with Crippen molar-refractivity contribution in [2.24, 2.45) is 0 Å². The summed E-state index contributed by atoms with van der Waals surface area (Å²) in [6.07, 6.45) is 0. The van der Waals surface area contributed by atoms with Gasteiger partial charge in [0.25, 0.3) is 0 Å². The average Bonchev–Trinajstić information content (AvgIpc) is 2.63. The number of hydrogen-bond acceptors (Lipinski definition) is 3. The molecule has 0 unspecified atom stereocenters. The van der Waals surface area contributed by atoms with Crippen LogP contribution in [0.2, 0.25) is 0 Å². The summed E-state index contributed by atoms with van der Waals surface area (Å²) in [6.45, 7) is 8.16. The SMILES string of the molecule is CCN(CC)n1nnc2cc(C)ccc21. The normalized spacial score (nSPS) is 10.9. The molecule has 80 valence electrons. The van der Waals surface area contributed by atoms with Gasteiger partial charge >= 0.3 is 0 Å². The lowest BCUT2D eigenvalue weighted by Gasteiger charge is -2.20. The molecule has 4 heteroatoms. The molecule has 0 saturated heterocycles. The molecule has 0 atom stereocenters. The Labute approximate surface area is 89.5 Å². The first-order valence-electron chi connectivity index (χ1n) is 5.33. The predicted octanol–water partition coefficient (Wildman–Crippen LogP) is 1.72. The van der Waals surface area contributed by atoms with E-state index < -0.39 is 0 Å². The Kier molecular flexibility index (Phi) is 2.58. The Morgan fingerprint density at radius 2 is 2.00 bits per heavy atom. The van der Waals surface area contributed by atoms with Gasteiger partial charge in [-0.3, -0.25) is 5.01 Å². The van der Waals surface area contributed by atoms with Crippen molar-refractivity contribution >= 4 is 11.0 Å². The molecule has 0 aliphatic rings. The van der Waals surface area contributed by atoms with E-state index in [1.54, 1.807) is 0 Å². The Balaban J connectivity index is 2.53. The maximum absolute atomic E-state index is 4.17. The van der Waals surface area contributed by atoms with E-state index in [0.717, 1.165) is 24.1 Å². The number of aryl methyl sites for hydroxylation is 1. The number of aromatic nitrogens is 3. The van der Waals surface area contributed by atoms with Crippen molar-refractivity contribution in [3.05, 3.63) is 23.8 Å². The molecule has 1 aromatic heterocycles. The Morgan fingerprint density at radius 3 is 2.67 bits per heavy atom. The van der Waals surface area contributed by atoms with E-state index >= 15 is 0 Å². The van der Waals surface area contributed by atoms with Crippen molar-refractivity contribution in [3.8, 4) is 0 Å². The predicted molar refractivity (Wildman–Crippen MR) is 61.6 cm³/mol. The van der Waals surface area contributed by atoms with Crippen molar-refractivity contribution in [1.29, 1.82) is 0 Å². The summed E-state index contributed by atoms with van der Waals surface area (Å²) < 4.78 is 0. The molecule has 0 saturated carbocycles. The van der Waals surface area contributed by atoms with E-state index in [0.29, 0.717) is 0 Å². The van der Waals surface area contributed by atoms with Crippen LogP contribution >= 0.6 is 0 Å². The highest BCUT2D eigenvalue weighted by molar-refractivity contribution is 5.75. The minimum Gasteiger partial charge on any atom is -0.296 e.